The minimum atomic E-state index is -0.403. The molecule has 0 bridgehead atoms. The van der Waals surface area contributed by atoms with E-state index >= 15 is 0 Å². The molecule has 0 unspecified atom stereocenters. The molecule has 1 aromatic rings. The van der Waals surface area contributed by atoms with Crippen LogP contribution in [-0.4, -0.2) is 25.0 Å². The smallest absolute Gasteiger partial charge is 0.344 e. The van der Waals surface area contributed by atoms with E-state index in [0.29, 0.717) is 17.9 Å². The van der Waals surface area contributed by atoms with Gasteiger partial charge in [-0.15, -0.1) is 0 Å². The Bertz CT molecular complexity index is 440. The van der Waals surface area contributed by atoms with E-state index < -0.39 is 5.97 Å². The summed E-state index contributed by atoms with van der Waals surface area (Å²) in [7, 11) is 0. The van der Waals surface area contributed by atoms with E-state index in [9.17, 15) is 9.59 Å². The second kappa shape index (κ2) is 9.13. The Kier molecular flexibility index (Phi) is 7.40. The Labute approximate surface area is 120 Å². The SMILES string of the molecule is CCCCCCOC(=O)COc1ccccc1C(C)=O. The summed E-state index contributed by atoms with van der Waals surface area (Å²) in [4.78, 5) is 22.9. The Morgan fingerprint density at radius 2 is 1.85 bits per heavy atom. The Morgan fingerprint density at radius 3 is 2.55 bits per heavy atom. The summed E-state index contributed by atoms with van der Waals surface area (Å²) in [5, 5.41) is 0. The van der Waals surface area contributed by atoms with Gasteiger partial charge >= 0.3 is 5.97 Å². The van der Waals surface area contributed by atoms with Gasteiger partial charge in [0.2, 0.25) is 0 Å². The van der Waals surface area contributed by atoms with Crippen molar-refractivity contribution in [1.29, 1.82) is 0 Å². The molecule has 0 aliphatic rings. The van der Waals surface area contributed by atoms with E-state index in [4.69, 9.17) is 9.47 Å². The van der Waals surface area contributed by atoms with Crippen LogP contribution in [-0.2, 0) is 9.53 Å². The van der Waals surface area contributed by atoms with Gasteiger partial charge in [-0.1, -0.05) is 38.3 Å². The predicted octanol–water partition coefficient (Wildman–Crippen LogP) is 3.39. The number of Topliss-reactive ketones (excluding diaryl/α,β-unsaturated/α-hetero) is 1. The van der Waals surface area contributed by atoms with Crippen LogP contribution in [0, 0.1) is 0 Å². The van der Waals surface area contributed by atoms with Crippen LogP contribution in [0.3, 0.4) is 0 Å². The highest BCUT2D eigenvalue weighted by atomic mass is 16.6. The quantitative estimate of drug-likeness (QED) is 0.395. The van der Waals surface area contributed by atoms with E-state index in [0.717, 1.165) is 25.7 Å². The average Bonchev–Trinajstić information content (AvgIpc) is 2.45. The average molecular weight is 278 g/mol. The lowest BCUT2D eigenvalue weighted by Gasteiger charge is -2.09. The molecule has 0 N–H and O–H groups in total. The molecule has 0 amide bonds. The lowest BCUT2D eigenvalue weighted by molar-refractivity contribution is -0.146. The minimum absolute atomic E-state index is 0.0893. The number of hydrogen-bond acceptors (Lipinski definition) is 4. The summed E-state index contributed by atoms with van der Waals surface area (Å²) < 4.78 is 10.4. The van der Waals surface area contributed by atoms with Gasteiger partial charge < -0.3 is 9.47 Å². The number of ether oxygens (including phenoxy) is 2. The van der Waals surface area contributed by atoms with Gasteiger partial charge in [0.25, 0.3) is 0 Å². The molecule has 0 aliphatic carbocycles. The van der Waals surface area contributed by atoms with Crippen molar-refractivity contribution < 1.29 is 19.1 Å². The van der Waals surface area contributed by atoms with E-state index in [1.54, 1.807) is 24.3 Å². The molecule has 110 valence electrons. The molecule has 0 saturated carbocycles. The highest BCUT2D eigenvalue weighted by Crippen LogP contribution is 2.18. The van der Waals surface area contributed by atoms with Gasteiger partial charge in [0, 0.05) is 0 Å². The third-order valence-corrected chi connectivity index (χ3v) is 2.87. The summed E-state index contributed by atoms with van der Waals surface area (Å²) in [6.45, 7) is 3.86. The molecule has 0 atom stereocenters. The van der Waals surface area contributed by atoms with Gasteiger partial charge in [-0.3, -0.25) is 4.79 Å². The van der Waals surface area contributed by atoms with E-state index in [1.165, 1.54) is 6.92 Å². The van der Waals surface area contributed by atoms with Crippen LogP contribution < -0.4 is 4.74 Å². The molecule has 0 fully saturated rings. The van der Waals surface area contributed by atoms with Crippen LogP contribution in [0.25, 0.3) is 0 Å². The van der Waals surface area contributed by atoms with Crippen molar-refractivity contribution in [1.82, 2.24) is 0 Å². The third-order valence-electron chi connectivity index (χ3n) is 2.87. The largest absolute Gasteiger partial charge is 0.481 e. The van der Waals surface area contributed by atoms with Crippen LogP contribution >= 0.6 is 0 Å². The summed E-state index contributed by atoms with van der Waals surface area (Å²) in [5.41, 5.74) is 0.475. The summed E-state index contributed by atoms with van der Waals surface area (Å²) in [6.07, 6.45) is 4.25. The Hall–Kier alpha value is -1.84. The number of benzene rings is 1. The number of hydrogen-bond donors (Lipinski definition) is 0. The third kappa shape index (κ3) is 5.87. The second-order valence-electron chi connectivity index (χ2n) is 4.62. The first-order valence-corrected chi connectivity index (χ1v) is 7.03. The van der Waals surface area contributed by atoms with Gasteiger partial charge in [0.15, 0.2) is 12.4 Å². The number of rotatable bonds is 9. The summed E-state index contributed by atoms with van der Waals surface area (Å²) >= 11 is 0. The molecule has 0 saturated heterocycles. The van der Waals surface area contributed by atoms with Gasteiger partial charge in [-0.05, 0) is 25.5 Å². The number of esters is 1. The van der Waals surface area contributed by atoms with Crippen molar-refractivity contribution in [2.75, 3.05) is 13.2 Å². The van der Waals surface area contributed by atoms with Gasteiger partial charge in [0.1, 0.15) is 5.75 Å². The zero-order valence-corrected chi connectivity index (χ0v) is 12.2. The number of carbonyl (C=O) groups is 2. The monoisotopic (exact) mass is 278 g/mol. The zero-order chi connectivity index (χ0) is 14.8. The fourth-order valence-corrected chi connectivity index (χ4v) is 1.78. The number of unbranched alkanes of at least 4 members (excludes halogenated alkanes) is 3. The molecule has 1 aromatic carbocycles. The molecule has 4 heteroatoms. The van der Waals surface area contributed by atoms with Crippen molar-refractivity contribution >= 4 is 11.8 Å². The molecule has 0 heterocycles. The van der Waals surface area contributed by atoms with E-state index in [-0.39, 0.29) is 12.4 Å². The van der Waals surface area contributed by atoms with Crippen molar-refractivity contribution in [3.8, 4) is 5.75 Å². The molecule has 0 radical (unpaired) electrons. The van der Waals surface area contributed by atoms with Gasteiger partial charge in [0.05, 0.1) is 12.2 Å². The molecule has 0 aromatic heterocycles. The lowest BCUT2D eigenvalue weighted by atomic mass is 10.1. The lowest BCUT2D eigenvalue weighted by Crippen LogP contribution is -2.16. The maximum atomic E-state index is 11.5. The fraction of sp³-hybridized carbons (Fsp3) is 0.500. The molecule has 1 rings (SSSR count). The first-order chi connectivity index (χ1) is 9.65. The molecule has 20 heavy (non-hydrogen) atoms. The summed E-state index contributed by atoms with van der Waals surface area (Å²) in [5.74, 6) is -0.0729. The topological polar surface area (TPSA) is 52.6 Å². The molecular weight excluding hydrogens is 256 g/mol. The number of para-hydroxylation sites is 1. The Balaban J connectivity index is 2.32. The molecular formula is C16H22O4. The van der Waals surface area contributed by atoms with Crippen LogP contribution in [0.4, 0.5) is 0 Å². The van der Waals surface area contributed by atoms with E-state index in [1.807, 2.05) is 0 Å². The summed E-state index contributed by atoms with van der Waals surface area (Å²) in [6, 6.07) is 6.87. The van der Waals surface area contributed by atoms with Crippen molar-refractivity contribution in [2.24, 2.45) is 0 Å². The van der Waals surface area contributed by atoms with Crippen molar-refractivity contribution in [3.05, 3.63) is 29.8 Å². The highest BCUT2D eigenvalue weighted by Gasteiger charge is 2.10. The van der Waals surface area contributed by atoms with Crippen molar-refractivity contribution in [2.45, 2.75) is 39.5 Å². The van der Waals surface area contributed by atoms with Gasteiger partial charge in [-0.25, -0.2) is 4.79 Å². The van der Waals surface area contributed by atoms with Crippen LogP contribution in [0.15, 0.2) is 24.3 Å². The molecule has 0 aliphatic heterocycles. The number of carbonyl (C=O) groups excluding carboxylic acids is 2. The predicted molar refractivity (Wildman–Crippen MR) is 77.0 cm³/mol. The maximum absolute atomic E-state index is 11.5. The number of ketones is 1. The van der Waals surface area contributed by atoms with Crippen molar-refractivity contribution in [3.63, 3.8) is 0 Å². The zero-order valence-electron chi connectivity index (χ0n) is 12.2. The molecule has 4 nitrogen and oxygen atoms in total. The van der Waals surface area contributed by atoms with Crippen LogP contribution in [0.1, 0.15) is 49.9 Å². The fourth-order valence-electron chi connectivity index (χ4n) is 1.78. The second-order valence-corrected chi connectivity index (χ2v) is 4.62. The Morgan fingerprint density at radius 1 is 1.10 bits per heavy atom. The first-order valence-electron chi connectivity index (χ1n) is 7.03. The van der Waals surface area contributed by atoms with Crippen LogP contribution in [0.2, 0.25) is 0 Å². The minimum Gasteiger partial charge on any atom is -0.481 e. The first kappa shape index (κ1) is 16.2. The highest BCUT2D eigenvalue weighted by molar-refractivity contribution is 5.96. The standard InChI is InChI=1S/C16H22O4/c1-3-4-5-8-11-19-16(18)12-20-15-10-7-6-9-14(15)13(2)17/h6-7,9-10H,3-5,8,11-12H2,1-2H3. The molecule has 0 spiro atoms. The van der Waals surface area contributed by atoms with Crippen LogP contribution in [0.5, 0.6) is 5.75 Å². The normalized spacial score (nSPS) is 10.1. The van der Waals surface area contributed by atoms with E-state index in [2.05, 4.69) is 6.92 Å². The maximum Gasteiger partial charge on any atom is 0.344 e. The van der Waals surface area contributed by atoms with Gasteiger partial charge in [-0.2, -0.15) is 0 Å².